The van der Waals surface area contributed by atoms with Gasteiger partial charge in [0.1, 0.15) is 17.7 Å². The highest BCUT2D eigenvalue weighted by molar-refractivity contribution is 5.55. The molecule has 100 valence electrons. The third-order valence-electron chi connectivity index (χ3n) is 4.27. The summed E-state index contributed by atoms with van der Waals surface area (Å²) in [5, 5.41) is 12.4. The number of anilines is 2. The summed E-state index contributed by atoms with van der Waals surface area (Å²) < 4.78 is 0. The zero-order chi connectivity index (χ0) is 13.2. The SMILES string of the molecule is N#Cc1ccc(N2CCCC3CNCCC32)nc1N. The molecule has 0 aromatic carbocycles. The molecule has 5 nitrogen and oxygen atoms in total. The van der Waals surface area contributed by atoms with Gasteiger partial charge in [0.05, 0.1) is 5.56 Å². The van der Waals surface area contributed by atoms with Crippen molar-refractivity contribution < 1.29 is 0 Å². The lowest BCUT2D eigenvalue weighted by molar-refractivity contribution is 0.258. The van der Waals surface area contributed by atoms with Crippen molar-refractivity contribution in [1.29, 1.82) is 5.26 Å². The smallest absolute Gasteiger partial charge is 0.143 e. The Morgan fingerprint density at radius 1 is 1.42 bits per heavy atom. The van der Waals surface area contributed by atoms with Crippen molar-refractivity contribution in [2.75, 3.05) is 30.3 Å². The van der Waals surface area contributed by atoms with Crippen LogP contribution in [0, 0.1) is 17.2 Å². The summed E-state index contributed by atoms with van der Waals surface area (Å²) in [6.45, 7) is 3.22. The molecule has 2 fully saturated rings. The normalized spacial score (nSPS) is 26.6. The van der Waals surface area contributed by atoms with E-state index in [0.717, 1.165) is 31.9 Å². The van der Waals surface area contributed by atoms with E-state index >= 15 is 0 Å². The lowest BCUT2D eigenvalue weighted by Crippen LogP contribution is -2.53. The van der Waals surface area contributed by atoms with E-state index in [1.807, 2.05) is 6.07 Å². The van der Waals surface area contributed by atoms with Crippen LogP contribution in [0.15, 0.2) is 12.1 Å². The van der Waals surface area contributed by atoms with E-state index in [-0.39, 0.29) is 0 Å². The van der Waals surface area contributed by atoms with Gasteiger partial charge in [0, 0.05) is 12.6 Å². The number of nitrogens with two attached hydrogens (primary N) is 1. The number of hydrogen-bond acceptors (Lipinski definition) is 5. The standard InChI is InChI=1S/C14H19N5/c15-8-10-3-4-13(18-14(10)16)19-7-1-2-11-9-17-6-5-12(11)19/h3-4,11-12,17H,1-2,5-7,9H2,(H2,16,18). The summed E-state index contributed by atoms with van der Waals surface area (Å²) in [4.78, 5) is 6.80. The number of nitriles is 1. The Bertz CT molecular complexity index is 505. The highest BCUT2D eigenvalue weighted by Crippen LogP contribution is 2.31. The zero-order valence-corrected chi connectivity index (χ0v) is 11.0. The van der Waals surface area contributed by atoms with Crippen molar-refractivity contribution in [3.05, 3.63) is 17.7 Å². The molecule has 19 heavy (non-hydrogen) atoms. The minimum absolute atomic E-state index is 0.344. The average molecular weight is 257 g/mol. The monoisotopic (exact) mass is 257 g/mol. The molecule has 0 bridgehead atoms. The number of piperidine rings is 2. The minimum Gasteiger partial charge on any atom is -0.383 e. The number of fused-ring (bicyclic) bond motifs is 1. The Balaban J connectivity index is 1.88. The van der Waals surface area contributed by atoms with Gasteiger partial charge in [0.15, 0.2) is 0 Å². The van der Waals surface area contributed by atoms with E-state index in [0.29, 0.717) is 23.3 Å². The summed E-state index contributed by atoms with van der Waals surface area (Å²) in [5.74, 6) is 1.98. The van der Waals surface area contributed by atoms with Crippen molar-refractivity contribution in [3.8, 4) is 6.07 Å². The number of nitrogen functional groups attached to an aromatic ring is 1. The molecule has 2 atom stereocenters. The summed E-state index contributed by atoms with van der Waals surface area (Å²) in [6.07, 6.45) is 3.65. The lowest BCUT2D eigenvalue weighted by Gasteiger charge is -2.45. The third kappa shape index (κ3) is 2.24. The highest BCUT2D eigenvalue weighted by atomic mass is 15.2. The lowest BCUT2D eigenvalue weighted by atomic mass is 9.84. The molecule has 0 aliphatic carbocycles. The Hall–Kier alpha value is -1.80. The van der Waals surface area contributed by atoms with E-state index < -0.39 is 0 Å². The fourth-order valence-electron chi connectivity index (χ4n) is 3.31. The van der Waals surface area contributed by atoms with Gasteiger partial charge in [-0.3, -0.25) is 0 Å². The van der Waals surface area contributed by atoms with Gasteiger partial charge >= 0.3 is 0 Å². The Labute approximate surface area is 113 Å². The summed E-state index contributed by atoms with van der Waals surface area (Å²) >= 11 is 0. The average Bonchev–Trinajstić information content (AvgIpc) is 2.46. The highest BCUT2D eigenvalue weighted by Gasteiger charge is 2.33. The number of nitrogens with one attached hydrogen (secondary N) is 1. The molecular weight excluding hydrogens is 238 g/mol. The van der Waals surface area contributed by atoms with Crippen LogP contribution in [0.5, 0.6) is 0 Å². The molecule has 1 aromatic rings. The maximum Gasteiger partial charge on any atom is 0.143 e. The largest absolute Gasteiger partial charge is 0.383 e. The molecule has 3 rings (SSSR count). The molecule has 3 N–H and O–H groups in total. The van der Waals surface area contributed by atoms with Gasteiger partial charge in [0.25, 0.3) is 0 Å². The molecule has 2 aliphatic heterocycles. The molecule has 0 saturated carbocycles. The first-order valence-electron chi connectivity index (χ1n) is 6.93. The molecule has 0 radical (unpaired) electrons. The number of nitrogens with zero attached hydrogens (tertiary/aromatic N) is 3. The van der Waals surface area contributed by atoms with E-state index in [2.05, 4.69) is 21.3 Å². The van der Waals surface area contributed by atoms with Crippen LogP contribution in [0.4, 0.5) is 11.6 Å². The van der Waals surface area contributed by atoms with E-state index in [1.54, 1.807) is 6.07 Å². The zero-order valence-electron chi connectivity index (χ0n) is 11.0. The molecule has 2 aliphatic rings. The van der Waals surface area contributed by atoms with Crippen molar-refractivity contribution in [3.63, 3.8) is 0 Å². The molecule has 2 saturated heterocycles. The summed E-state index contributed by atoms with van der Waals surface area (Å²) in [6, 6.07) is 6.34. The summed E-state index contributed by atoms with van der Waals surface area (Å²) in [7, 11) is 0. The number of pyridine rings is 1. The topological polar surface area (TPSA) is 78.0 Å². The molecule has 2 unspecified atom stereocenters. The molecule has 0 amide bonds. The van der Waals surface area contributed by atoms with Crippen molar-refractivity contribution in [2.24, 2.45) is 5.92 Å². The molecular formula is C14H19N5. The minimum atomic E-state index is 0.344. The Morgan fingerprint density at radius 2 is 2.32 bits per heavy atom. The predicted molar refractivity (Wildman–Crippen MR) is 74.7 cm³/mol. The second-order valence-corrected chi connectivity index (χ2v) is 5.37. The fraction of sp³-hybridized carbons (Fsp3) is 0.571. The number of rotatable bonds is 1. The first-order chi connectivity index (χ1) is 9.29. The van der Waals surface area contributed by atoms with Crippen LogP contribution in [0.25, 0.3) is 0 Å². The van der Waals surface area contributed by atoms with Crippen LogP contribution in [-0.4, -0.2) is 30.7 Å². The van der Waals surface area contributed by atoms with Gasteiger partial charge < -0.3 is 16.0 Å². The fourth-order valence-corrected chi connectivity index (χ4v) is 3.31. The van der Waals surface area contributed by atoms with Gasteiger partial charge in [-0.1, -0.05) is 0 Å². The van der Waals surface area contributed by atoms with Crippen molar-refractivity contribution in [2.45, 2.75) is 25.3 Å². The molecule has 0 spiro atoms. The van der Waals surface area contributed by atoms with Crippen LogP contribution in [-0.2, 0) is 0 Å². The van der Waals surface area contributed by atoms with Gasteiger partial charge in [-0.25, -0.2) is 4.98 Å². The third-order valence-corrected chi connectivity index (χ3v) is 4.27. The quantitative estimate of drug-likeness (QED) is 0.788. The van der Waals surface area contributed by atoms with Crippen LogP contribution < -0.4 is 16.0 Å². The van der Waals surface area contributed by atoms with Crippen LogP contribution in [0.1, 0.15) is 24.8 Å². The van der Waals surface area contributed by atoms with Crippen molar-refractivity contribution >= 4 is 11.6 Å². The second kappa shape index (κ2) is 5.06. The van der Waals surface area contributed by atoms with Gasteiger partial charge in [-0.05, 0) is 50.4 Å². The van der Waals surface area contributed by atoms with Crippen LogP contribution >= 0.6 is 0 Å². The molecule has 3 heterocycles. The van der Waals surface area contributed by atoms with Gasteiger partial charge in [-0.15, -0.1) is 0 Å². The van der Waals surface area contributed by atoms with E-state index in [1.165, 1.54) is 12.8 Å². The second-order valence-electron chi connectivity index (χ2n) is 5.37. The Kier molecular flexibility index (Phi) is 3.26. The first-order valence-corrected chi connectivity index (χ1v) is 6.93. The maximum absolute atomic E-state index is 8.92. The van der Waals surface area contributed by atoms with Crippen LogP contribution in [0.2, 0.25) is 0 Å². The summed E-state index contributed by atoms with van der Waals surface area (Å²) in [5.41, 5.74) is 6.29. The van der Waals surface area contributed by atoms with Gasteiger partial charge in [0.2, 0.25) is 0 Å². The van der Waals surface area contributed by atoms with E-state index in [4.69, 9.17) is 11.0 Å². The first kappa shape index (κ1) is 12.2. The maximum atomic E-state index is 8.92. The Morgan fingerprint density at radius 3 is 3.11 bits per heavy atom. The van der Waals surface area contributed by atoms with Crippen LogP contribution in [0.3, 0.4) is 0 Å². The molecule has 1 aromatic heterocycles. The number of aromatic nitrogens is 1. The number of hydrogen-bond donors (Lipinski definition) is 2. The van der Waals surface area contributed by atoms with E-state index in [9.17, 15) is 0 Å². The predicted octanol–water partition coefficient (Wildman–Crippen LogP) is 1.11. The molecule has 5 heteroatoms. The van der Waals surface area contributed by atoms with Crippen molar-refractivity contribution in [1.82, 2.24) is 10.3 Å². The van der Waals surface area contributed by atoms with Gasteiger partial charge in [-0.2, -0.15) is 5.26 Å².